The van der Waals surface area contributed by atoms with Crippen molar-refractivity contribution in [2.75, 3.05) is 27.2 Å². The maximum absolute atomic E-state index is 5.34. The maximum atomic E-state index is 5.34. The summed E-state index contributed by atoms with van der Waals surface area (Å²) in [4.78, 5) is 2.42. The lowest BCUT2D eigenvalue weighted by molar-refractivity contribution is 0.133. The van der Waals surface area contributed by atoms with Crippen molar-refractivity contribution < 1.29 is 4.74 Å². The van der Waals surface area contributed by atoms with Crippen LogP contribution in [0.15, 0.2) is 24.3 Å². The SMILES string of the molecule is COc1cccc(C2(C)CCN(C)CC2C)c1. The first kappa shape index (κ1) is 12.4. The fourth-order valence-corrected chi connectivity index (χ4v) is 2.84. The van der Waals surface area contributed by atoms with E-state index >= 15 is 0 Å². The molecule has 2 rings (SSSR count). The van der Waals surface area contributed by atoms with Gasteiger partial charge in [0, 0.05) is 6.54 Å². The molecule has 0 spiro atoms. The first-order chi connectivity index (χ1) is 8.06. The summed E-state index contributed by atoms with van der Waals surface area (Å²) in [5.74, 6) is 1.64. The average molecular weight is 233 g/mol. The maximum Gasteiger partial charge on any atom is 0.119 e. The molecule has 0 amide bonds. The van der Waals surface area contributed by atoms with Crippen LogP contribution in [0.5, 0.6) is 5.75 Å². The van der Waals surface area contributed by atoms with Crippen LogP contribution in [0.2, 0.25) is 0 Å². The molecule has 1 fully saturated rings. The number of methoxy groups -OCH3 is 1. The molecule has 2 nitrogen and oxygen atoms in total. The van der Waals surface area contributed by atoms with Gasteiger partial charge in [-0.1, -0.05) is 26.0 Å². The highest BCUT2D eigenvalue weighted by molar-refractivity contribution is 5.34. The molecule has 1 aromatic rings. The van der Waals surface area contributed by atoms with Gasteiger partial charge in [-0.15, -0.1) is 0 Å². The molecule has 1 aliphatic heterocycles. The third-order valence-corrected chi connectivity index (χ3v) is 4.42. The van der Waals surface area contributed by atoms with Crippen molar-refractivity contribution in [2.45, 2.75) is 25.7 Å². The molecule has 0 aromatic heterocycles. The molecule has 0 aliphatic carbocycles. The Bertz CT molecular complexity index is 390. The fourth-order valence-electron chi connectivity index (χ4n) is 2.84. The molecule has 0 bridgehead atoms. The van der Waals surface area contributed by atoms with Gasteiger partial charge in [-0.2, -0.15) is 0 Å². The second kappa shape index (κ2) is 4.69. The summed E-state index contributed by atoms with van der Waals surface area (Å²) >= 11 is 0. The zero-order valence-corrected chi connectivity index (χ0v) is 11.4. The Morgan fingerprint density at radius 2 is 2.18 bits per heavy atom. The van der Waals surface area contributed by atoms with Gasteiger partial charge in [-0.05, 0) is 49.0 Å². The van der Waals surface area contributed by atoms with Crippen molar-refractivity contribution >= 4 is 0 Å². The number of hydrogen-bond acceptors (Lipinski definition) is 2. The van der Waals surface area contributed by atoms with E-state index in [1.165, 1.54) is 25.1 Å². The van der Waals surface area contributed by atoms with Crippen LogP contribution in [0.4, 0.5) is 0 Å². The Kier molecular flexibility index (Phi) is 3.43. The summed E-state index contributed by atoms with van der Waals surface area (Å²) in [7, 11) is 3.95. The highest BCUT2D eigenvalue weighted by Gasteiger charge is 2.37. The molecule has 0 N–H and O–H groups in total. The summed E-state index contributed by atoms with van der Waals surface area (Å²) in [5.41, 5.74) is 1.69. The fraction of sp³-hybridized carbons (Fsp3) is 0.600. The van der Waals surface area contributed by atoms with E-state index in [1.54, 1.807) is 7.11 Å². The van der Waals surface area contributed by atoms with Gasteiger partial charge in [-0.25, -0.2) is 0 Å². The summed E-state index contributed by atoms with van der Waals surface area (Å²) in [5, 5.41) is 0. The van der Waals surface area contributed by atoms with E-state index in [4.69, 9.17) is 4.74 Å². The van der Waals surface area contributed by atoms with E-state index in [0.29, 0.717) is 5.92 Å². The number of likely N-dealkylation sites (tertiary alicyclic amines) is 1. The number of benzene rings is 1. The van der Waals surface area contributed by atoms with Crippen LogP contribution in [-0.4, -0.2) is 32.1 Å². The number of nitrogens with zero attached hydrogens (tertiary/aromatic N) is 1. The highest BCUT2D eigenvalue weighted by atomic mass is 16.5. The molecule has 17 heavy (non-hydrogen) atoms. The van der Waals surface area contributed by atoms with Crippen molar-refractivity contribution in [2.24, 2.45) is 5.92 Å². The van der Waals surface area contributed by atoms with Crippen molar-refractivity contribution in [1.29, 1.82) is 0 Å². The minimum Gasteiger partial charge on any atom is -0.497 e. The monoisotopic (exact) mass is 233 g/mol. The van der Waals surface area contributed by atoms with E-state index in [9.17, 15) is 0 Å². The third kappa shape index (κ3) is 2.32. The van der Waals surface area contributed by atoms with Crippen LogP contribution >= 0.6 is 0 Å². The lowest BCUT2D eigenvalue weighted by Gasteiger charge is -2.44. The number of piperidine rings is 1. The summed E-state index contributed by atoms with van der Waals surface area (Å²) in [6.45, 7) is 7.10. The molecule has 94 valence electrons. The van der Waals surface area contributed by atoms with E-state index in [1.807, 2.05) is 6.07 Å². The second-order valence-electron chi connectivity index (χ2n) is 5.56. The van der Waals surface area contributed by atoms with Gasteiger partial charge in [-0.3, -0.25) is 0 Å². The molecular formula is C15H23NO. The quantitative estimate of drug-likeness (QED) is 0.778. The smallest absolute Gasteiger partial charge is 0.119 e. The molecular weight excluding hydrogens is 210 g/mol. The average Bonchev–Trinajstić information content (AvgIpc) is 2.34. The molecule has 0 radical (unpaired) electrons. The lowest BCUT2D eigenvalue weighted by atomic mass is 9.68. The molecule has 1 aromatic carbocycles. The Morgan fingerprint density at radius 3 is 2.82 bits per heavy atom. The molecule has 2 unspecified atom stereocenters. The minimum atomic E-state index is 0.279. The standard InChI is InChI=1S/C15H23NO/c1-12-11-16(3)9-8-15(12,2)13-6-5-7-14(10-13)17-4/h5-7,10,12H,8-9,11H2,1-4H3. The van der Waals surface area contributed by atoms with Crippen molar-refractivity contribution in [1.82, 2.24) is 4.90 Å². The largest absolute Gasteiger partial charge is 0.497 e. The summed E-state index contributed by atoms with van der Waals surface area (Å²) in [6, 6.07) is 8.56. The second-order valence-corrected chi connectivity index (χ2v) is 5.56. The van der Waals surface area contributed by atoms with Gasteiger partial charge < -0.3 is 9.64 Å². The first-order valence-corrected chi connectivity index (χ1v) is 6.39. The van der Waals surface area contributed by atoms with Gasteiger partial charge in [0.25, 0.3) is 0 Å². The zero-order chi connectivity index (χ0) is 12.5. The predicted molar refractivity (Wildman–Crippen MR) is 71.6 cm³/mol. The van der Waals surface area contributed by atoms with Gasteiger partial charge >= 0.3 is 0 Å². The van der Waals surface area contributed by atoms with Crippen LogP contribution in [0.1, 0.15) is 25.8 Å². The van der Waals surface area contributed by atoms with E-state index in [0.717, 1.165) is 5.75 Å². The van der Waals surface area contributed by atoms with Crippen LogP contribution in [0.3, 0.4) is 0 Å². The number of rotatable bonds is 2. The van der Waals surface area contributed by atoms with Crippen molar-refractivity contribution in [3.05, 3.63) is 29.8 Å². The Hall–Kier alpha value is -1.02. The molecule has 2 heteroatoms. The molecule has 1 heterocycles. The molecule has 0 saturated carbocycles. The van der Waals surface area contributed by atoms with Gasteiger partial charge in [0.15, 0.2) is 0 Å². The molecule has 1 aliphatic rings. The van der Waals surface area contributed by atoms with Crippen LogP contribution in [-0.2, 0) is 5.41 Å². The Balaban J connectivity index is 2.30. The Labute approximate surface area is 105 Å². The molecule has 1 saturated heterocycles. The zero-order valence-electron chi connectivity index (χ0n) is 11.4. The van der Waals surface area contributed by atoms with Crippen molar-refractivity contribution in [3.8, 4) is 5.75 Å². The number of ether oxygens (including phenoxy) is 1. The van der Waals surface area contributed by atoms with Gasteiger partial charge in [0.2, 0.25) is 0 Å². The lowest BCUT2D eigenvalue weighted by Crippen LogP contribution is -2.45. The summed E-state index contributed by atoms with van der Waals surface area (Å²) in [6.07, 6.45) is 1.22. The summed E-state index contributed by atoms with van der Waals surface area (Å²) < 4.78 is 5.34. The highest BCUT2D eigenvalue weighted by Crippen LogP contribution is 2.39. The third-order valence-electron chi connectivity index (χ3n) is 4.42. The van der Waals surface area contributed by atoms with Gasteiger partial charge in [0.1, 0.15) is 5.75 Å². The Morgan fingerprint density at radius 1 is 1.41 bits per heavy atom. The minimum absolute atomic E-state index is 0.279. The van der Waals surface area contributed by atoms with Crippen molar-refractivity contribution in [3.63, 3.8) is 0 Å². The van der Waals surface area contributed by atoms with Gasteiger partial charge in [0.05, 0.1) is 7.11 Å². The van der Waals surface area contributed by atoms with E-state index < -0.39 is 0 Å². The van der Waals surface area contributed by atoms with Crippen LogP contribution in [0.25, 0.3) is 0 Å². The van der Waals surface area contributed by atoms with Crippen LogP contribution < -0.4 is 4.74 Å². The predicted octanol–water partition coefficient (Wildman–Crippen LogP) is 2.92. The van der Waals surface area contributed by atoms with E-state index in [-0.39, 0.29) is 5.41 Å². The number of hydrogen-bond donors (Lipinski definition) is 0. The normalized spacial score (nSPS) is 30.2. The topological polar surface area (TPSA) is 12.5 Å². The van der Waals surface area contributed by atoms with Crippen LogP contribution in [0, 0.1) is 5.92 Å². The first-order valence-electron chi connectivity index (χ1n) is 6.39. The molecule has 2 atom stereocenters. The van der Waals surface area contributed by atoms with E-state index in [2.05, 4.69) is 44.0 Å².